The van der Waals surface area contributed by atoms with E-state index in [1.54, 1.807) is 41.9 Å². The van der Waals surface area contributed by atoms with Crippen LogP contribution in [0.5, 0.6) is 0 Å². The molecule has 1 aliphatic heterocycles. The van der Waals surface area contributed by atoms with Gasteiger partial charge in [-0.2, -0.15) is 0 Å². The third-order valence-corrected chi connectivity index (χ3v) is 5.83. The van der Waals surface area contributed by atoms with Crippen molar-refractivity contribution in [3.05, 3.63) is 62.9 Å². The number of hydrogen-bond donors (Lipinski definition) is 1. The van der Waals surface area contributed by atoms with Crippen LogP contribution in [0.4, 0.5) is 11.6 Å². The molecule has 1 saturated heterocycles. The van der Waals surface area contributed by atoms with Crippen molar-refractivity contribution in [3.63, 3.8) is 0 Å². The highest BCUT2D eigenvalue weighted by Crippen LogP contribution is 2.30. The molecule has 1 N–H and O–H groups in total. The second-order valence-corrected chi connectivity index (χ2v) is 8.11. The Morgan fingerprint density at radius 1 is 1.25 bits per heavy atom. The number of carbonyl (C=O) groups is 1. The van der Waals surface area contributed by atoms with Crippen LogP contribution in [0, 0.1) is 0 Å². The van der Waals surface area contributed by atoms with Crippen LogP contribution in [0.15, 0.2) is 41.2 Å². The summed E-state index contributed by atoms with van der Waals surface area (Å²) in [5, 5.41) is 4.24. The van der Waals surface area contributed by atoms with Crippen LogP contribution in [0.25, 0.3) is 10.9 Å². The van der Waals surface area contributed by atoms with E-state index in [0.717, 1.165) is 5.56 Å². The summed E-state index contributed by atoms with van der Waals surface area (Å²) in [5.41, 5.74) is 2.22. The Morgan fingerprint density at radius 3 is 2.69 bits per heavy atom. The Bertz CT molecular complexity index is 1220. The van der Waals surface area contributed by atoms with Crippen molar-refractivity contribution in [1.29, 1.82) is 0 Å². The molecule has 1 fully saturated rings. The van der Waals surface area contributed by atoms with Gasteiger partial charge in [-0.25, -0.2) is 9.78 Å². The van der Waals surface area contributed by atoms with E-state index in [9.17, 15) is 9.59 Å². The lowest BCUT2D eigenvalue weighted by atomic mass is 10.0. The number of nitrogens with zero attached hydrogens (tertiary/aromatic N) is 3. The number of morpholine rings is 1. The van der Waals surface area contributed by atoms with Gasteiger partial charge in [0.1, 0.15) is 0 Å². The van der Waals surface area contributed by atoms with Crippen LogP contribution in [-0.2, 0) is 16.5 Å². The van der Waals surface area contributed by atoms with E-state index in [-0.39, 0.29) is 11.6 Å². The summed E-state index contributed by atoms with van der Waals surface area (Å²) in [5.74, 6) is 0.161. The molecule has 32 heavy (non-hydrogen) atoms. The third kappa shape index (κ3) is 4.16. The number of halogens is 1. The Labute approximate surface area is 190 Å². The zero-order chi connectivity index (χ0) is 22.8. The van der Waals surface area contributed by atoms with Gasteiger partial charge in [-0.05, 0) is 31.2 Å². The van der Waals surface area contributed by atoms with Crippen LogP contribution in [-0.4, -0.2) is 48.9 Å². The number of methoxy groups -OCH3 is 1. The van der Waals surface area contributed by atoms with E-state index in [2.05, 4.69) is 5.32 Å². The molecule has 0 aliphatic carbocycles. The monoisotopic (exact) mass is 456 g/mol. The van der Waals surface area contributed by atoms with Gasteiger partial charge in [-0.3, -0.25) is 9.36 Å². The fraction of sp³-hybridized carbons (Fsp3) is 0.348. The van der Waals surface area contributed by atoms with E-state index >= 15 is 0 Å². The van der Waals surface area contributed by atoms with E-state index < -0.39 is 5.97 Å². The molecule has 0 spiro atoms. The third-order valence-electron chi connectivity index (χ3n) is 5.62. The van der Waals surface area contributed by atoms with E-state index in [1.807, 2.05) is 17.9 Å². The maximum atomic E-state index is 13.2. The summed E-state index contributed by atoms with van der Waals surface area (Å²) in [4.78, 5) is 32.3. The quantitative estimate of drug-likeness (QED) is 0.589. The zero-order valence-corrected chi connectivity index (χ0v) is 19.0. The fourth-order valence-electron chi connectivity index (χ4n) is 3.94. The lowest BCUT2D eigenvalue weighted by Crippen LogP contribution is -2.40. The topological polar surface area (TPSA) is 85.7 Å². The highest BCUT2D eigenvalue weighted by atomic mass is 35.5. The van der Waals surface area contributed by atoms with Gasteiger partial charge < -0.3 is 19.7 Å². The molecular formula is C23H25ClN4O4. The molecule has 2 aromatic carbocycles. The lowest BCUT2D eigenvalue weighted by molar-refractivity contribution is 0.0602. The highest BCUT2D eigenvalue weighted by Gasteiger charge is 2.22. The molecule has 1 unspecified atom stereocenters. The summed E-state index contributed by atoms with van der Waals surface area (Å²) < 4.78 is 11.9. The van der Waals surface area contributed by atoms with E-state index in [4.69, 9.17) is 26.1 Å². The standard InChI is InChI=1S/C23H25ClN4O4/c1-14(25-19-7-5-4-6-16(19)22(30)31-3)17-12-15(24)13-18-20(17)26-23(27(2)21(18)29)28-8-10-32-11-9-28/h4-7,12-14,25H,8-11H2,1-3H3. The molecule has 8 nitrogen and oxygen atoms in total. The number of esters is 1. The van der Waals surface area contributed by atoms with Gasteiger partial charge in [0, 0.05) is 36.4 Å². The van der Waals surface area contributed by atoms with Crippen LogP contribution in [0.2, 0.25) is 5.02 Å². The van der Waals surface area contributed by atoms with Crippen molar-refractivity contribution >= 4 is 40.1 Å². The summed E-state index contributed by atoms with van der Waals surface area (Å²) in [6, 6.07) is 10.3. The number of aromatic nitrogens is 2. The van der Waals surface area contributed by atoms with Gasteiger partial charge in [-0.1, -0.05) is 23.7 Å². The van der Waals surface area contributed by atoms with Gasteiger partial charge in [-0.15, -0.1) is 0 Å². The molecule has 0 saturated carbocycles. The number of nitrogens with one attached hydrogen (secondary N) is 1. The number of hydrogen-bond acceptors (Lipinski definition) is 7. The minimum absolute atomic E-state index is 0.164. The fourth-order valence-corrected chi connectivity index (χ4v) is 4.17. The Kier molecular flexibility index (Phi) is 6.34. The molecule has 0 radical (unpaired) electrons. The average Bonchev–Trinajstić information content (AvgIpc) is 2.81. The zero-order valence-electron chi connectivity index (χ0n) is 18.2. The van der Waals surface area contributed by atoms with Gasteiger partial charge in [0.25, 0.3) is 5.56 Å². The SMILES string of the molecule is COC(=O)c1ccccc1NC(C)c1cc(Cl)cc2c(=O)n(C)c(N3CCOCC3)nc12. The summed E-state index contributed by atoms with van der Waals surface area (Å²) in [6.45, 7) is 4.43. The van der Waals surface area contributed by atoms with Gasteiger partial charge in [0.2, 0.25) is 5.95 Å². The van der Waals surface area contributed by atoms with Crippen molar-refractivity contribution in [1.82, 2.24) is 9.55 Å². The number of carbonyl (C=O) groups excluding carboxylic acids is 1. The Hall–Kier alpha value is -3.10. The normalized spacial score (nSPS) is 14.9. The van der Waals surface area contributed by atoms with E-state index in [0.29, 0.717) is 59.4 Å². The van der Waals surface area contributed by atoms with Crippen molar-refractivity contribution in [3.8, 4) is 0 Å². The van der Waals surface area contributed by atoms with Crippen molar-refractivity contribution < 1.29 is 14.3 Å². The van der Waals surface area contributed by atoms with Crippen LogP contribution in [0.1, 0.15) is 28.9 Å². The molecule has 168 valence electrons. The van der Waals surface area contributed by atoms with Gasteiger partial charge >= 0.3 is 5.97 Å². The maximum Gasteiger partial charge on any atom is 0.339 e. The number of rotatable bonds is 5. The minimum atomic E-state index is -0.433. The summed E-state index contributed by atoms with van der Waals surface area (Å²) >= 11 is 6.38. The average molecular weight is 457 g/mol. The smallest absolute Gasteiger partial charge is 0.339 e. The largest absolute Gasteiger partial charge is 0.465 e. The first-order valence-electron chi connectivity index (χ1n) is 10.4. The van der Waals surface area contributed by atoms with Crippen LogP contribution in [0.3, 0.4) is 0 Å². The van der Waals surface area contributed by atoms with E-state index in [1.165, 1.54) is 7.11 Å². The highest BCUT2D eigenvalue weighted by molar-refractivity contribution is 6.31. The molecular weight excluding hydrogens is 432 g/mol. The first kappa shape index (κ1) is 22.1. The molecule has 4 rings (SSSR count). The number of fused-ring (bicyclic) bond motifs is 1. The molecule has 1 aliphatic rings. The van der Waals surface area contributed by atoms with Crippen molar-refractivity contribution in [2.75, 3.05) is 43.6 Å². The Balaban J connectivity index is 1.81. The number of para-hydroxylation sites is 1. The predicted molar refractivity (Wildman–Crippen MR) is 125 cm³/mol. The number of anilines is 2. The molecule has 1 atom stereocenters. The number of benzene rings is 2. The molecule has 2 heterocycles. The summed E-state index contributed by atoms with van der Waals surface area (Å²) in [6.07, 6.45) is 0. The second kappa shape index (κ2) is 9.18. The molecule has 0 amide bonds. The van der Waals surface area contributed by atoms with Crippen LogP contribution < -0.4 is 15.8 Å². The number of ether oxygens (including phenoxy) is 2. The van der Waals surface area contributed by atoms with Gasteiger partial charge in [0.05, 0.1) is 42.8 Å². The van der Waals surface area contributed by atoms with Crippen molar-refractivity contribution in [2.24, 2.45) is 7.05 Å². The van der Waals surface area contributed by atoms with Crippen molar-refractivity contribution in [2.45, 2.75) is 13.0 Å². The molecule has 9 heteroatoms. The molecule has 3 aromatic rings. The molecule has 1 aromatic heterocycles. The maximum absolute atomic E-state index is 13.2. The summed E-state index contributed by atoms with van der Waals surface area (Å²) in [7, 11) is 3.06. The second-order valence-electron chi connectivity index (χ2n) is 7.67. The molecule has 0 bridgehead atoms. The van der Waals surface area contributed by atoms with Gasteiger partial charge in [0.15, 0.2) is 0 Å². The Morgan fingerprint density at radius 2 is 1.97 bits per heavy atom. The minimum Gasteiger partial charge on any atom is -0.465 e. The first-order valence-corrected chi connectivity index (χ1v) is 10.7. The van der Waals surface area contributed by atoms with Crippen LogP contribution >= 0.6 is 11.6 Å². The first-order chi connectivity index (χ1) is 15.4. The predicted octanol–water partition coefficient (Wildman–Crippen LogP) is 3.38. The lowest BCUT2D eigenvalue weighted by Gasteiger charge is -2.29.